The van der Waals surface area contributed by atoms with Gasteiger partial charge in [-0.3, -0.25) is 9.59 Å². The Balaban J connectivity index is 3.28. The molecule has 0 aliphatic rings. The van der Waals surface area contributed by atoms with Gasteiger partial charge in [-0.2, -0.15) is 0 Å². The summed E-state index contributed by atoms with van der Waals surface area (Å²) in [5.41, 5.74) is 0. The van der Waals surface area contributed by atoms with Crippen LogP contribution in [0.5, 0.6) is 0 Å². The van der Waals surface area contributed by atoms with Crippen LogP contribution in [0.25, 0.3) is 0 Å². The number of rotatable bonds is 24. The van der Waals surface area contributed by atoms with Crippen LogP contribution >= 0.6 is 0 Å². The fraction of sp³-hybridized carbons (Fsp3) is 0.926. The molecule has 0 atom stereocenters. The van der Waals surface area contributed by atoms with E-state index in [1.165, 1.54) is 89.9 Å². The molecule has 0 aliphatic carbocycles. The Morgan fingerprint density at radius 3 is 1.03 bits per heavy atom. The summed E-state index contributed by atoms with van der Waals surface area (Å²) in [4.78, 5) is 23.4. The zero-order chi connectivity index (χ0) is 22.8. The number of hydrogen-bond donors (Lipinski definition) is 0. The molecule has 0 saturated heterocycles. The van der Waals surface area contributed by atoms with Crippen molar-refractivity contribution in [1.82, 2.24) is 0 Å². The molecule has 184 valence electrons. The van der Waals surface area contributed by atoms with Crippen molar-refractivity contribution >= 4 is 11.9 Å². The number of unbranched alkanes of at least 4 members (excludes halogenated alkanes) is 16. The molecule has 0 amide bonds. The molecule has 0 spiro atoms. The van der Waals surface area contributed by atoms with Crippen LogP contribution in [0.3, 0.4) is 0 Å². The van der Waals surface area contributed by atoms with E-state index in [9.17, 15) is 9.59 Å². The first kappa shape index (κ1) is 29.9. The van der Waals surface area contributed by atoms with E-state index in [2.05, 4.69) is 13.8 Å². The van der Waals surface area contributed by atoms with Crippen molar-refractivity contribution in [3.63, 3.8) is 0 Å². The maximum absolute atomic E-state index is 11.7. The minimum absolute atomic E-state index is 0.188. The fourth-order valence-electron chi connectivity index (χ4n) is 3.72. The van der Waals surface area contributed by atoms with Gasteiger partial charge in [0.15, 0.2) is 0 Å². The molecule has 0 radical (unpaired) electrons. The molecule has 0 saturated carbocycles. The minimum atomic E-state index is -0.192. The molecular weight excluding hydrogens is 388 g/mol. The third kappa shape index (κ3) is 25.1. The van der Waals surface area contributed by atoms with Gasteiger partial charge in [-0.25, -0.2) is 0 Å². The first-order chi connectivity index (χ1) is 15.2. The molecule has 0 N–H and O–H groups in total. The summed E-state index contributed by atoms with van der Waals surface area (Å²) < 4.78 is 10.5. The topological polar surface area (TPSA) is 52.6 Å². The van der Waals surface area contributed by atoms with Gasteiger partial charge in [-0.15, -0.1) is 0 Å². The second-order valence-corrected chi connectivity index (χ2v) is 8.95. The van der Waals surface area contributed by atoms with Gasteiger partial charge >= 0.3 is 11.9 Å². The number of hydrogen-bond acceptors (Lipinski definition) is 4. The first-order valence-electron chi connectivity index (χ1n) is 13.5. The van der Waals surface area contributed by atoms with E-state index in [0.717, 1.165) is 25.7 Å². The lowest BCUT2D eigenvalue weighted by Gasteiger charge is -2.06. The summed E-state index contributed by atoms with van der Waals surface area (Å²) in [6.07, 6.45) is 23.8. The highest BCUT2D eigenvalue weighted by molar-refractivity contribution is 5.72. The summed E-state index contributed by atoms with van der Waals surface area (Å²) in [6, 6.07) is 0. The lowest BCUT2D eigenvalue weighted by Crippen LogP contribution is -2.09. The molecule has 31 heavy (non-hydrogen) atoms. The molecule has 4 heteroatoms. The Kier molecular flexibility index (Phi) is 24.3. The summed E-state index contributed by atoms with van der Waals surface area (Å²) >= 11 is 0. The molecule has 0 aliphatic heterocycles. The van der Waals surface area contributed by atoms with Crippen LogP contribution in [-0.4, -0.2) is 25.2 Å². The standard InChI is InChI=1S/C27H52O4/c1-3-5-7-9-11-12-13-14-15-16-18-20-25-31-27(29)23-21-22-26(28)30-24-19-17-10-8-6-4-2/h3-25H2,1-2H3. The summed E-state index contributed by atoms with van der Waals surface area (Å²) in [5.74, 6) is -0.380. The maximum Gasteiger partial charge on any atom is 0.305 e. The normalized spacial score (nSPS) is 10.9. The molecular formula is C27H52O4. The summed E-state index contributed by atoms with van der Waals surface area (Å²) in [5, 5.41) is 0. The maximum atomic E-state index is 11.7. The number of ether oxygens (including phenoxy) is 2. The number of carbonyl (C=O) groups is 2. The molecule has 0 bridgehead atoms. The summed E-state index contributed by atoms with van der Waals surface area (Å²) in [6.45, 7) is 5.49. The Morgan fingerprint density at radius 2 is 0.710 bits per heavy atom. The average molecular weight is 441 g/mol. The average Bonchev–Trinajstić information content (AvgIpc) is 2.76. The zero-order valence-electron chi connectivity index (χ0n) is 20.9. The highest BCUT2D eigenvalue weighted by atomic mass is 16.5. The molecule has 0 aromatic carbocycles. The lowest BCUT2D eigenvalue weighted by molar-refractivity contribution is -0.145. The minimum Gasteiger partial charge on any atom is -0.466 e. The van der Waals surface area contributed by atoms with Crippen molar-refractivity contribution in [3.05, 3.63) is 0 Å². The van der Waals surface area contributed by atoms with Crippen LogP contribution in [0.2, 0.25) is 0 Å². The Bertz CT molecular complexity index is 395. The number of esters is 2. The quantitative estimate of drug-likeness (QED) is 0.112. The Labute approximate surface area is 193 Å². The third-order valence-corrected chi connectivity index (χ3v) is 5.78. The molecule has 4 nitrogen and oxygen atoms in total. The SMILES string of the molecule is CCCCCCCCCCCCCCOC(=O)CCCC(=O)OCCCCCCCC. The van der Waals surface area contributed by atoms with Gasteiger partial charge in [-0.05, 0) is 19.3 Å². The van der Waals surface area contributed by atoms with Crippen molar-refractivity contribution in [3.8, 4) is 0 Å². The van der Waals surface area contributed by atoms with Crippen molar-refractivity contribution in [2.24, 2.45) is 0 Å². The second kappa shape index (κ2) is 25.2. The van der Waals surface area contributed by atoms with Gasteiger partial charge in [0.1, 0.15) is 0 Å². The molecule has 0 aromatic heterocycles. The molecule has 0 fully saturated rings. The van der Waals surface area contributed by atoms with Gasteiger partial charge in [0, 0.05) is 12.8 Å². The van der Waals surface area contributed by atoms with E-state index in [0.29, 0.717) is 32.5 Å². The predicted octanol–water partition coefficient (Wildman–Crippen LogP) is 8.30. The monoisotopic (exact) mass is 440 g/mol. The van der Waals surface area contributed by atoms with Crippen LogP contribution in [0.1, 0.15) is 149 Å². The number of carbonyl (C=O) groups excluding carboxylic acids is 2. The van der Waals surface area contributed by atoms with Crippen LogP contribution in [-0.2, 0) is 19.1 Å². The van der Waals surface area contributed by atoms with Gasteiger partial charge in [-0.1, -0.05) is 117 Å². The largest absolute Gasteiger partial charge is 0.466 e. The van der Waals surface area contributed by atoms with Gasteiger partial charge in [0.2, 0.25) is 0 Å². The van der Waals surface area contributed by atoms with E-state index in [-0.39, 0.29) is 11.9 Å². The smallest absolute Gasteiger partial charge is 0.305 e. The van der Waals surface area contributed by atoms with Crippen LogP contribution < -0.4 is 0 Å². The summed E-state index contributed by atoms with van der Waals surface area (Å²) in [7, 11) is 0. The Morgan fingerprint density at radius 1 is 0.419 bits per heavy atom. The van der Waals surface area contributed by atoms with Crippen LogP contribution in [0, 0.1) is 0 Å². The first-order valence-corrected chi connectivity index (χ1v) is 13.5. The van der Waals surface area contributed by atoms with Gasteiger partial charge in [0.05, 0.1) is 13.2 Å². The van der Waals surface area contributed by atoms with Crippen LogP contribution in [0.4, 0.5) is 0 Å². The predicted molar refractivity (Wildman–Crippen MR) is 130 cm³/mol. The van der Waals surface area contributed by atoms with Crippen molar-refractivity contribution in [2.45, 2.75) is 149 Å². The van der Waals surface area contributed by atoms with Crippen molar-refractivity contribution in [1.29, 1.82) is 0 Å². The fourth-order valence-corrected chi connectivity index (χ4v) is 3.72. The highest BCUT2D eigenvalue weighted by Gasteiger charge is 2.07. The highest BCUT2D eigenvalue weighted by Crippen LogP contribution is 2.12. The zero-order valence-corrected chi connectivity index (χ0v) is 20.9. The molecule has 0 unspecified atom stereocenters. The molecule has 0 rings (SSSR count). The van der Waals surface area contributed by atoms with Crippen molar-refractivity contribution < 1.29 is 19.1 Å². The van der Waals surface area contributed by atoms with Gasteiger partial charge < -0.3 is 9.47 Å². The third-order valence-electron chi connectivity index (χ3n) is 5.78. The molecule has 0 heterocycles. The van der Waals surface area contributed by atoms with E-state index in [1.54, 1.807) is 0 Å². The van der Waals surface area contributed by atoms with E-state index in [4.69, 9.17) is 9.47 Å². The van der Waals surface area contributed by atoms with Crippen LogP contribution in [0.15, 0.2) is 0 Å². The van der Waals surface area contributed by atoms with E-state index < -0.39 is 0 Å². The molecule has 0 aromatic rings. The van der Waals surface area contributed by atoms with Crippen molar-refractivity contribution in [2.75, 3.05) is 13.2 Å². The Hall–Kier alpha value is -1.06. The second-order valence-electron chi connectivity index (χ2n) is 8.95. The van der Waals surface area contributed by atoms with E-state index >= 15 is 0 Å². The van der Waals surface area contributed by atoms with Gasteiger partial charge in [0.25, 0.3) is 0 Å². The van der Waals surface area contributed by atoms with E-state index in [1.807, 2.05) is 0 Å². The lowest BCUT2D eigenvalue weighted by atomic mass is 10.1.